The number of nitrogens with zero attached hydrogens (tertiary/aromatic N) is 1. The van der Waals surface area contributed by atoms with Crippen molar-refractivity contribution >= 4 is 40.5 Å². The van der Waals surface area contributed by atoms with Gasteiger partial charge in [0, 0.05) is 34.8 Å². The number of anilines is 1. The second-order valence-electron chi connectivity index (χ2n) is 4.73. The molecule has 2 rings (SSSR count). The molecule has 1 heterocycles. The maximum absolute atomic E-state index is 12.7. The average Bonchev–Trinajstić information content (AvgIpc) is 2.74. The Balaban J connectivity index is 2.36. The van der Waals surface area contributed by atoms with E-state index in [0.717, 1.165) is 26.4 Å². The van der Waals surface area contributed by atoms with E-state index in [1.807, 2.05) is 19.2 Å². The number of rotatable bonds is 4. The molecular weight excluding hydrogens is 316 g/mol. The summed E-state index contributed by atoms with van der Waals surface area (Å²) in [5.74, 6) is -0.259. The summed E-state index contributed by atoms with van der Waals surface area (Å²) in [6.45, 7) is 5.27. The number of carbonyl (C=O) groups excluding carboxylic acids is 2. The van der Waals surface area contributed by atoms with Crippen LogP contribution in [0, 0.1) is 24.5 Å². The minimum absolute atomic E-state index is 0.103. The summed E-state index contributed by atoms with van der Waals surface area (Å²) in [6, 6.07) is 6.75. The highest BCUT2D eigenvalue weighted by Crippen LogP contribution is 2.36. The van der Waals surface area contributed by atoms with Gasteiger partial charge < -0.3 is 5.32 Å². The summed E-state index contributed by atoms with van der Waals surface area (Å²) in [7, 11) is 0. The van der Waals surface area contributed by atoms with Crippen LogP contribution >= 0.6 is 23.1 Å². The zero-order chi connectivity index (χ0) is 16.3. The lowest BCUT2D eigenvalue weighted by atomic mass is 10.0. The SMILES string of the molecule is CC(=O)Nc1ccc(C(=O)c2c(SC#N)sc(C)c2C)cc1. The van der Waals surface area contributed by atoms with Gasteiger partial charge in [0.25, 0.3) is 0 Å². The molecule has 6 heteroatoms. The Labute approximate surface area is 137 Å². The molecule has 112 valence electrons. The van der Waals surface area contributed by atoms with Crippen LogP contribution in [0.25, 0.3) is 0 Å². The normalized spacial score (nSPS) is 10.1. The molecule has 0 atom stereocenters. The number of thiophene rings is 1. The first-order chi connectivity index (χ1) is 10.4. The van der Waals surface area contributed by atoms with Crippen molar-refractivity contribution in [2.75, 3.05) is 5.32 Å². The first-order valence-corrected chi connectivity index (χ1v) is 8.15. The first-order valence-electron chi connectivity index (χ1n) is 6.52. The molecule has 0 spiro atoms. The van der Waals surface area contributed by atoms with Crippen LogP contribution in [0.1, 0.15) is 33.3 Å². The predicted molar refractivity (Wildman–Crippen MR) is 89.4 cm³/mol. The van der Waals surface area contributed by atoms with Crippen molar-refractivity contribution in [1.82, 2.24) is 0 Å². The standard InChI is InChI=1S/C16H14N2O2S2/c1-9-10(2)22-16(21-8-17)14(9)15(20)12-4-6-13(7-5-12)18-11(3)19/h4-7H,1-3H3,(H,18,19). The van der Waals surface area contributed by atoms with Crippen molar-refractivity contribution in [3.05, 3.63) is 45.8 Å². The van der Waals surface area contributed by atoms with Gasteiger partial charge in [-0.25, -0.2) is 0 Å². The Hall–Kier alpha value is -2.10. The molecule has 0 aliphatic carbocycles. The number of thioether (sulfide) groups is 1. The highest BCUT2D eigenvalue weighted by Gasteiger charge is 2.21. The summed E-state index contributed by atoms with van der Waals surface area (Å²) in [5.41, 5.74) is 2.70. The van der Waals surface area contributed by atoms with E-state index in [1.165, 1.54) is 18.3 Å². The summed E-state index contributed by atoms with van der Waals surface area (Å²) in [4.78, 5) is 24.8. The maximum atomic E-state index is 12.7. The smallest absolute Gasteiger partial charge is 0.221 e. The Morgan fingerprint density at radius 3 is 2.41 bits per heavy atom. The van der Waals surface area contributed by atoms with Crippen molar-refractivity contribution in [1.29, 1.82) is 5.26 Å². The van der Waals surface area contributed by atoms with Gasteiger partial charge >= 0.3 is 0 Å². The molecule has 0 fully saturated rings. The van der Waals surface area contributed by atoms with Crippen LogP contribution < -0.4 is 5.32 Å². The number of aryl methyl sites for hydroxylation is 1. The van der Waals surface area contributed by atoms with Crippen LogP contribution in [0.5, 0.6) is 0 Å². The molecule has 1 aromatic heterocycles. The monoisotopic (exact) mass is 330 g/mol. The van der Waals surface area contributed by atoms with Gasteiger partial charge in [0.2, 0.25) is 5.91 Å². The Morgan fingerprint density at radius 2 is 1.86 bits per heavy atom. The molecule has 2 aromatic rings. The van der Waals surface area contributed by atoms with E-state index in [9.17, 15) is 9.59 Å². The largest absolute Gasteiger partial charge is 0.326 e. The second kappa shape index (κ2) is 6.77. The molecule has 1 N–H and O–H groups in total. The maximum Gasteiger partial charge on any atom is 0.221 e. The fraction of sp³-hybridized carbons (Fsp3) is 0.188. The highest BCUT2D eigenvalue weighted by molar-refractivity contribution is 8.05. The molecule has 0 radical (unpaired) electrons. The summed E-state index contributed by atoms with van der Waals surface area (Å²) < 4.78 is 0.730. The molecule has 0 saturated carbocycles. The average molecular weight is 330 g/mol. The number of nitriles is 1. The van der Waals surface area contributed by atoms with E-state index in [1.54, 1.807) is 24.3 Å². The van der Waals surface area contributed by atoms with Gasteiger partial charge in [0.15, 0.2) is 5.78 Å². The van der Waals surface area contributed by atoms with Crippen LogP contribution in [-0.4, -0.2) is 11.7 Å². The van der Waals surface area contributed by atoms with Gasteiger partial charge in [-0.15, -0.1) is 11.3 Å². The lowest BCUT2D eigenvalue weighted by Crippen LogP contribution is -2.07. The van der Waals surface area contributed by atoms with Gasteiger partial charge in [-0.3, -0.25) is 9.59 Å². The lowest BCUT2D eigenvalue weighted by Gasteiger charge is -2.05. The predicted octanol–water partition coefficient (Wildman–Crippen LogP) is 4.13. The Morgan fingerprint density at radius 1 is 1.23 bits per heavy atom. The third kappa shape index (κ3) is 3.38. The van der Waals surface area contributed by atoms with Crippen LogP contribution in [0.3, 0.4) is 0 Å². The summed E-state index contributed by atoms with van der Waals surface area (Å²) in [5, 5.41) is 13.6. The van der Waals surface area contributed by atoms with Gasteiger partial charge in [-0.2, -0.15) is 5.26 Å². The van der Waals surface area contributed by atoms with Crippen LogP contribution in [0.4, 0.5) is 5.69 Å². The number of benzene rings is 1. The number of hydrogen-bond acceptors (Lipinski definition) is 5. The molecule has 0 saturated heterocycles. The number of ketones is 1. The fourth-order valence-corrected chi connectivity index (χ4v) is 3.99. The molecule has 0 unspecified atom stereocenters. The number of carbonyl (C=O) groups is 2. The van der Waals surface area contributed by atoms with Crippen molar-refractivity contribution < 1.29 is 9.59 Å². The quantitative estimate of drug-likeness (QED) is 0.520. The minimum Gasteiger partial charge on any atom is -0.326 e. The van der Waals surface area contributed by atoms with Gasteiger partial charge in [-0.05, 0) is 43.7 Å². The number of thiocyanates is 1. The third-order valence-electron chi connectivity index (χ3n) is 3.19. The van der Waals surface area contributed by atoms with Crippen molar-refractivity contribution in [3.63, 3.8) is 0 Å². The molecule has 0 bridgehead atoms. The van der Waals surface area contributed by atoms with E-state index in [4.69, 9.17) is 5.26 Å². The van der Waals surface area contributed by atoms with Crippen molar-refractivity contribution in [3.8, 4) is 5.40 Å². The molecule has 1 amide bonds. The van der Waals surface area contributed by atoms with Gasteiger partial charge in [-0.1, -0.05) is 0 Å². The van der Waals surface area contributed by atoms with E-state index in [0.29, 0.717) is 16.8 Å². The van der Waals surface area contributed by atoms with Crippen LogP contribution in [-0.2, 0) is 4.79 Å². The fourth-order valence-electron chi connectivity index (χ4n) is 2.02. The summed E-state index contributed by atoms with van der Waals surface area (Å²) in [6.07, 6.45) is 0. The first kappa shape index (κ1) is 16.3. The zero-order valence-electron chi connectivity index (χ0n) is 12.4. The molecule has 0 aliphatic rings. The zero-order valence-corrected chi connectivity index (χ0v) is 14.0. The second-order valence-corrected chi connectivity index (χ2v) is 7.00. The Kier molecular flexibility index (Phi) is 5.01. The van der Waals surface area contributed by atoms with Gasteiger partial charge in [0.1, 0.15) is 5.40 Å². The molecule has 1 aromatic carbocycles. The highest BCUT2D eigenvalue weighted by atomic mass is 32.2. The summed E-state index contributed by atoms with van der Waals surface area (Å²) >= 11 is 2.48. The van der Waals surface area contributed by atoms with E-state index in [2.05, 4.69) is 5.32 Å². The molecular formula is C16H14N2O2S2. The van der Waals surface area contributed by atoms with Crippen LogP contribution in [0.15, 0.2) is 28.5 Å². The van der Waals surface area contributed by atoms with Gasteiger partial charge in [0.05, 0.1) is 9.77 Å². The minimum atomic E-state index is -0.156. The number of hydrogen-bond donors (Lipinski definition) is 1. The molecule has 4 nitrogen and oxygen atoms in total. The molecule has 22 heavy (non-hydrogen) atoms. The van der Waals surface area contributed by atoms with E-state index >= 15 is 0 Å². The number of nitrogens with one attached hydrogen (secondary N) is 1. The Bertz CT molecular complexity index is 771. The lowest BCUT2D eigenvalue weighted by molar-refractivity contribution is -0.114. The van der Waals surface area contributed by atoms with E-state index < -0.39 is 0 Å². The van der Waals surface area contributed by atoms with Crippen molar-refractivity contribution in [2.45, 2.75) is 25.0 Å². The van der Waals surface area contributed by atoms with Crippen molar-refractivity contribution in [2.24, 2.45) is 0 Å². The van der Waals surface area contributed by atoms with E-state index in [-0.39, 0.29) is 11.7 Å². The third-order valence-corrected chi connectivity index (χ3v) is 5.17. The van der Waals surface area contributed by atoms with Crippen LogP contribution in [0.2, 0.25) is 0 Å². The topological polar surface area (TPSA) is 70.0 Å². The number of amides is 1. The molecule has 0 aliphatic heterocycles.